The van der Waals surface area contributed by atoms with Crippen LogP contribution >= 0.6 is 12.4 Å². The largest absolute Gasteiger partial charge is 0.358 e. The van der Waals surface area contributed by atoms with Crippen molar-refractivity contribution in [2.75, 3.05) is 7.05 Å². The zero-order valence-corrected chi connectivity index (χ0v) is 9.32. The van der Waals surface area contributed by atoms with Crippen LogP contribution in [0.4, 0.5) is 0 Å². The number of nitrogens with one attached hydrogen (secondary N) is 1. The molecule has 0 saturated carbocycles. The Morgan fingerprint density at radius 2 is 2.00 bits per heavy atom. The molecule has 1 atom stereocenters. The smallest absolute Gasteiger partial charge is 0.236 e. The molecule has 0 aliphatic carbocycles. The van der Waals surface area contributed by atoms with Crippen molar-refractivity contribution in [3.05, 3.63) is 0 Å². The Kier molecular flexibility index (Phi) is 16.6. The maximum absolute atomic E-state index is 10.9. The van der Waals surface area contributed by atoms with Gasteiger partial charge in [-0.3, -0.25) is 4.79 Å². The van der Waals surface area contributed by atoms with E-state index in [1.54, 1.807) is 7.05 Å². The van der Waals surface area contributed by atoms with E-state index in [0.29, 0.717) is 0 Å². The van der Waals surface area contributed by atoms with Gasteiger partial charge in [-0.2, -0.15) is 0 Å². The van der Waals surface area contributed by atoms with Gasteiger partial charge in [0.1, 0.15) is 0 Å². The number of nitrogens with two attached hydrogens (primary N) is 1. The Balaban J connectivity index is -0.000000500. The van der Waals surface area contributed by atoms with Crippen LogP contribution in [0.5, 0.6) is 0 Å². The molecule has 0 radical (unpaired) electrons. The highest BCUT2D eigenvalue weighted by Crippen LogP contribution is 2.01. The van der Waals surface area contributed by atoms with Crippen molar-refractivity contribution < 1.29 is 4.79 Å². The topological polar surface area (TPSA) is 90.1 Å². The number of amides is 1. The predicted molar refractivity (Wildman–Crippen MR) is 58.5 cm³/mol. The van der Waals surface area contributed by atoms with Crippen molar-refractivity contribution >= 4 is 18.3 Å². The van der Waals surface area contributed by atoms with Gasteiger partial charge in [-0.05, 0) is 6.42 Å². The van der Waals surface area contributed by atoms with Crippen LogP contribution in [0.3, 0.4) is 0 Å². The molecule has 0 bridgehead atoms. The second-order valence-corrected chi connectivity index (χ2v) is 2.72. The minimum atomic E-state index is -0.313. The summed E-state index contributed by atoms with van der Waals surface area (Å²) in [5.74, 6) is -0.0545. The van der Waals surface area contributed by atoms with E-state index in [1.165, 1.54) is 6.42 Å². The molecule has 0 spiro atoms. The van der Waals surface area contributed by atoms with Crippen molar-refractivity contribution in [3.63, 3.8) is 0 Å². The summed E-state index contributed by atoms with van der Waals surface area (Å²) >= 11 is 0. The molecule has 0 heterocycles. The highest BCUT2D eigenvalue weighted by molar-refractivity contribution is 5.85. The highest BCUT2D eigenvalue weighted by atomic mass is 35.5. The normalized spacial score (nSPS) is 10.7. The van der Waals surface area contributed by atoms with E-state index in [-0.39, 0.29) is 30.5 Å². The number of halogens is 1. The van der Waals surface area contributed by atoms with Gasteiger partial charge in [-0.25, -0.2) is 0 Å². The average Bonchev–Trinajstić information content (AvgIpc) is 2.03. The van der Waals surface area contributed by atoms with Gasteiger partial charge in [0.05, 0.1) is 6.04 Å². The molecular formula is C8H22ClN3O. The van der Waals surface area contributed by atoms with E-state index < -0.39 is 0 Å². The molecule has 1 amide bonds. The van der Waals surface area contributed by atoms with Gasteiger partial charge in [0.2, 0.25) is 5.91 Å². The summed E-state index contributed by atoms with van der Waals surface area (Å²) in [6.07, 6.45) is 4.17. The summed E-state index contributed by atoms with van der Waals surface area (Å²) in [4.78, 5) is 10.9. The van der Waals surface area contributed by atoms with E-state index in [1.807, 2.05) is 0 Å². The fourth-order valence-corrected chi connectivity index (χ4v) is 0.931. The predicted octanol–water partition coefficient (Wildman–Crippen LogP) is 1.22. The van der Waals surface area contributed by atoms with Crippen LogP contribution in [-0.4, -0.2) is 19.0 Å². The Morgan fingerprint density at radius 3 is 2.38 bits per heavy atom. The number of likely N-dealkylation sites (N-methyl/N-ethyl adjacent to an activating group) is 1. The summed E-state index contributed by atoms with van der Waals surface area (Å²) in [5.41, 5.74) is 5.56. The first-order chi connectivity index (χ1) is 5.22. The van der Waals surface area contributed by atoms with Gasteiger partial charge in [0, 0.05) is 7.05 Å². The summed E-state index contributed by atoms with van der Waals surface area (Å²) in [7, 11) is 1.61. The van der Waals surface area contributed by atoms with E-state index >= 15 is 0 Å². The van der Waals surface area contributed by atoms with Crippen LogP contribution in [0.15, 0.2) is 0 Å². The van der Waals surface area contributed by atoms with Crippen LogP contribution in [-0.2, 0) is 4.79 Å². The zero-order chi connectivity index (χ0) is 8.69. The molecule has 0 aromatic heterocycles. The van der Waals surface area contributed by atoms with Crippen molar-refractivity contribution in [2.24, 2.45) is 5.73 Å². The van der Waals surface area contributed by atoms with E-state index in [0.717, 1.165) is 19.3 Å². The van der Waals surface area contributed by atoms with Gasteiger partial charge in [0.25, 0.3) is 0 Å². The van der Waals surface area contributed by atoms with Gasteiger partial charge in [-0.1, -0.05) is 26.2 Å². The SMILES string of the molecule is CCCCC[C@H](N)C(=O)NC.Cl.N. The van der Waals surface area contributed by atoms with E-state index in [9.17, 15) is 4.79 Å². The van der Waals surface area contributed by atoms with Gasteiger partial charge >= 0.3 is 0 Å². The molecule has 13 heavy (non-hydrogen) atoms. The number of carbonyl (C=O) groups is 1. The lowest BCUT2D eigenvalue weighted by Gasteiger charge is -2.08. The fraction of sp³-hybridized carbons (Fsp3) is 0.875. The first kappa shape index (κ1) is 18.5. The Morgan fingerprint density at radius 1 is 1.46 bits per heavy atom. The second-order valence-electron chi connectivity index (χ2n) is 2.72. The molecule has 0 fully saturated rings. The van der Waals surface area contributed by atoms with Crippen molar-refractivity contribution in [2.45, 2.75) is 38.6 Å². The van der Waals surface area contributed by atoms with Crippen LogP contribution in [0.1, 0.15) is 32.6 Å². The third-order valence-electron chi connectivity index (χ3n) is 1.70. The lowest BCUT2D eigenvalue weighted by atomic mass is 10.1. The number of carbonyl (C=O) groups excluding carboxylic acids is 1. The summed E-state index contributed by atoms with van der Waals surface area (Å²) in [5, 5.41) is 2.53. The molecule has 5 heteroatoms. The summed E-state index contributed by atoms with van der Waals surface area (Å²) in [6.45, 7) is 2.13. The number of unbranched alkanes of at least 4 members (excludes halogenated alkanes) is 2. The molecule has 0 saturated heterocycles. The average molecular weight is 212 g/mol. The zero-order valence-electron chi connectivity index (χ0n) is 8.51. The lowest BCUT2D eigenvalue weighted by molar-refractivity contribution is -0.122. The standard InChI is InChI=1S/C8H18N2O.ClH.H3N/c1-3-4-5-6-7(9)8(11)10-2;;/h7H,3-6,9H2,1-2H3,(H,10,11);1H;1H3/t7-;;/m0../s1. The number of hydrogen-bond acceptors (Lipinski definition) is 3. The molecule has 0 aliphatic heterocycles. The number of hydrogen-bond donors (Lipinski definition) is 3. The monoisotopic (exact) mass is 211 g/mol. The Bertz CT molecular complexity index is 122. The molecule has 0 aromatic rings. The molecule has 82 valence electrons. The Hall–Kier alpha value is -0.320. The molecular weight excluding hydrogens is 190 g/mol. The van der Waals surface area contributed by atoms with Crippen molar-refractivity contribution in [1.82, 2.24) is 11.5 Å². The quantitative estimate of drug-likeness (QED) is 0.598. The van der Waals surface area contributed by atoms with Crippen LogP contribution < -0.4 is 17.2 Å². The van der Waals surface area contributed by atoms with Gasteiger partial charge < -0.3 is 17.2 Å². The molecule has 0 unspecified atom stereocenters. The van der Waals surface area contributed by atoms with Crippen molar-refractivity contribution in [1.29, 1.82) is 0 Å². The summed E-state index contributed by atoms with van der Waals surface area (Å²) < 4.78 is 0. The summed E-state index contributed by atoms with van der Waals surface area (Å²) in [6, 6.07) is -0.313. The fourth-order valence-electron chi connectivity index (χ4n) is 0.931. The Labute approximate surface area is 86.6 Å². The van der Waals surface area contributed by atoms with E-state index in [2.05, 4.69) is 12.2 Å². The molecule has 0 aliphatic rings. The highest BCUT2D eigenvalue weighted by Gasteiger charge is 2.09. The molecule has 4 nitrogen and oxygen atoms in total. The first-order valence-electron chi connectivity index (χ1n) is 4.19. The molecule has 0 aromatic carbocycles. The van der Waals surface area contributed by atoms with Crippen LogP contribution in [0, 0.1) is 0 Å². The maximum atomic E-state index is 10.9. The lowest BCUT2D eigenvalue weighted by Crippen LogP contribution is -2.38. The van der Waals surface area contributed by atoms with Gasteiger partial charge in [0.15, 0.2) is 0 Å². The van der Waals surface area contributed by atoms with Crippen LogP contribution in [0.25, 0.3) is 0 Å². The van der Waals surface area contributed by atoms with Crippen LogP contribution in [0.2, 0.25) is 0 Å². The maximum Gasteiger partial charge on any atom is 0.236 e. The third kappa shape index (κ3) is 9.60. The molecule has 0 rings (SSSR count). The third-order valence-corrected chi connectivity index (χ3v) is 1.70. The second kappa shape index (κ2) is 11.7. The van der Waals surface area contributed by atoms with Gasteiger partial charge in [-0.15, -0.1) is 12.4 Å². The number of rotatable bonds is 5. The minimum Gasteiger partial charge on any atom is -0.358 e. The van der Waals surface area contributed by atoms with E-state index in [4.69, 9.17) is 5.73 Å². The first-order valence-corrected chi connectivity index (χ1v) is 4.19. The molecule has 6 N–H and O–H groups in total. The minimum absolute atomic E-state index is 0. The van der Waals surface area contributed by atoms with Crippen molar-refractivity contribution in [3.8, 4) is 0 Å².